The Morgan fingerprint density at radius 3 is 2.83 bits per heavy atom. The Morgan fingerprint density at radius 1 is 1.48 bits per heavy atom. The van der Waals surface area contributed by atoms with Gasteiger partial charge in [0.2, 0.25) is 0 Å². The quantitative estimate of drug-likeness (QED) is 0.372. The van der Waals surface area contributed by atoms with Crippen LogP contribution in [0, 0.1) is 16.0 Å². The van der Waals surface area contributed by atoms with Crippen LogP contribution in [0.2, 0.25) is 0 Å². The van der Waals surface area contributed by atoms with Gasteiger partial charge in [0.15, 0.2) is 0 Å². The number of hydrogen-bond donors (Lipinski definition) is 1. The normalized spacial score (nSPS) is 16.9. The second-order valence-corrected chi connectivity index (χ2v) is 6.19. The maximum absolute atomic E-state index is 12.4. The molecule has 0 saturated heterocycles. The SMILES string of the molecule is COc1cc([N+](=O)[O-])c(C(=O)NCC2CC=CCC2)cc1SC. The van der Waals surface area contributed by atoms with Gasteiger partial charge < -0.3 is 10.1 Å². The molecule has 124 valence electrons. The number of carbonyl (C=O) groups excluding carboxylic acids is 1. The van der Waals surface area contributed by atoms with E-state index in [1.54, 1.807) is 0 Å². The minimum absolute atomic E-state index is 0.0755. The van der Waals surface area contributed by atoms with Gasteiger partial charge in [-0.05, 0) is 37.5 Å². The summed E-state index contributed by atoms with van der Waals surface area (Å²) < 4.78 is 5.15. The summed E-state index contributed by atoms with van der Waals surface area (Å²) in [7, 11) is 1.45. The van der Waals surface area contributed by atoms with Crippen LogP contribution >= 0.6 is 11.8 Å². The molecule has 1 aliphatic carbocycles. The number of nitro groups is 1. The van der Waals surface area contributed by atoms with Gasteiger partial charge in [-0.15, -0.1) is 11.8 Å². The average molecular weight is 336 g/mol. The van der Waals surface area contributed by atoms with Crippen LogP contribution in [-0.4, -0.2) is 30.7 Å². The number of rotatable bonds is 6. The molecule has 6 nitrogen and oxygen atoms in total. The molecule has 2 rings (SSSR count). The van der Waals surface area contributed by atoms with E-state index in [2.05, 4.69) is 17.5 Å². The molecular formula is C16H20N2O4S. The number of hydrogen-bond acceptors (Lipinski definition) is 5. The lowest BCUT2D eigenvalue weighted by Crippen LogP contribution is -2.30. The van der Waals surface area contributed by atoms with E-state index < -0.39 is 10.8 Å². The highest BCUT2D eigenvalue weighted by molar-refractivity contribution is 7.98. The highest BCUT2D eigenvalue weighted by Gasteiger charge is 2.24. The molecule has 0 heterocycles. The molecular weight excluding hydrogens is 316 g/mol. The van der Waals surface area contributed by atoms with Crippen molar-refractivity contribution in [3.8, 4) is 5.75 Å². The molecule has 7 heteroatoms. The van der Waals surface area contributed by atoms with Gasteiger partial charge in [0, 0.05) is 6.54 Å². The molecule has 0 saturated carbocycles. The van der Waals surface area contributed by atoms with Crippen molar-refractivity contribution in [1.82, 2.24) is 5.32 Å². The van der Waals surface area contributed by atoms with Crippen molar-refractivity contribution in [2.75, 3.05) is 19.9 Å². The summed E-state index contributed by atoms with van der Waals surface area (Å²) in [5.74, 6) is 0.378. The molecule has 1 aromatic rings. The second kappa shape index (κ2) is 8.01. The average Bonchev–Trinajstić information content (AvgIpc) is 2.59. The van der Waals surface area contributed by atoms with Crippen LogP contribution in [-0.2, 0) is 0 Å². The van der Waals surface area contributed by atoms with Crippen LogP contribution in [0.5, 0.6) is 5.75 Å². The third-order valence-electron chi connectivity index (χ3n) is 3.87. The third kappa shape index (κ3) is 4.25. The van der Waals surface area contributed by atoms with Crippen LogP contribution in [0.4, 0.5) is 5.69 Å². The number of benzene rings is 1. The predicted molar refractivity (Wildman–Crippen MR) is 90.2 cm³/mol. The predicted octanol–water partition coefficient (Wildman–Crippen LogP) is 3.41. The van der Waals surface area contributed by atoms with Crippen LogP contribution in [0.3, 0.4) is 0 Å². The smallest absolute Gasteiger partial charge is 0.285 e. The Balaban J connectivity index is 2.20. The standard InChI is InChI=1S/C16H20N2O4S/c1-22-14-9-13(18(20)21)12(8-15(14)23-2)16(19)17-10-11-6-4-3-5-7-11/h3-4,8-9,11H,5-7,10H2,1-2H3,(H,17,19). The van der Waals surface area contributed by atoms with Crippen molar-refractivity contribution in [1.29, 1.82) is 0 Å². The third-order valence-corrected chi connectivity index (χ3v) is 4.63. The van der Waals surface area contributed by atoms with Crippen molar-refractivity contribution in [2.45, 2.75) is 24.2 Å². The van der Waals surface area contributed by atoms with E-state index in [1.165, 1.54) is 31.0 Å². The van der Waals surface area contributed by atoms with Crippen molar-refractivity contribution in [2.24, 2.45) is 5.92 Å². The van der Waals surface area contributed by atoms with Gasteiger partial charge in [-0.3, -0.25) is 14.9 Å². The molecule has 0 aliphatic heterocycles. The Morgan fingerprint density at radius 2 is 2.26 bits per heavy atom. The summed E-state index contributed by atoms with van der Waals surface area (Å²) in [6, 6.07) is 2.84. The first-order chi connectivity index (χ1) is 11.1. The number of nitrogens with one attached hydrogen (secondary N) is 1. The highest BCUT2D eigenvalue weighted by atomic mass is 32.2. The lowest BCUT2D eigenvalue weighted by atomic mass is 9.94. The number of allylic oxidation sites excluding steroid dienone is 2. The zero-order chi connectivity index (χ0) is 16.8. The molecule has 0 bridgehead atoms. The van der Waals surface area contributed by atoms with E-state index in [4.69, 9.17) is 4.74 Å². The molecule has 1 unspecified atom stereocenters. The summed E-state index contributed by atoms with van der Waals surface area (Å²) in [5.41, 5.74) is -0.160. The number of carbonyl (C=O) groups is 1. The Bertz CT molecular complexity index is 631. The first-order valence-corrected chi connectivity index (χ1v) is 8.63. The number of nitro benzene ring substituents is 1. The van der Waals surface area contributed by atoms with E-state index in [9.17, 15) is 14.9 Å². The van der Waals surface area contributed by atoms with Crippen molar-refractivity contribution in [3.05, 3.63) is 40.0 Å². The number of nitrogens with zero attached hydrogens (tertiary/aromatic N) is 1. The first-order valence-electron chi connectivity index (χ1n) is 7.40. The van der Waals surface area contributed by atoms with Crippen molar-refractivity contribution >= 4 is 23.4 Å². The van der Waals surface area contributed by atoms with Crippen LogP contribution < -0.4 is 10.1 Å². The van der Waals surface area contributed by atoms with Gasteiger partial charge in [-0.2, -0.15) is 0 Å². The monoisotopic (exact) mass is 336 g/mol. The Hall–Kier alpha value is -2.02. The summed E-state index contributed by atoms with van der Waals surface area (Å²) in [5, 5.41) is 14.1. The molecule has 0 fully saturated rings. The molecule has 1 N–H and O–H groups in total. The van der Waals surface area contributed by atoms with E-state index >= 15 is 0 Å². The molecule has 0 aromatic heterocycles. The van der Waals surface area contributed by atoms with Gasteiger partial charge >= 0.3 is 0 Å². The summed E-state index contributed by atoms with van der Waals surface area (Å²) in [4.78, 5) is 23.8. The zero-order valence-electron chi connectivity index (χ0n) is 13.2. The topological polar surface area (TPSA) is 81.5 Å². The van der Waals surface area contributed by atoms with Gasteiger partial charge in [0.1, 0.15) is 11.3 Å². The second-order valence-electron chi connectivity index (χ2n) is 5.34. The summed E-state index contributed by atoms with van der Waals surface area (Å²) in [6.45, 7) is 0.529. The van der Waals surface area contributed by atoms with E-state index in [1.807, 2.05) is 6.26 Å². The fraction of sp³-hybridized carbons (Fsp3) is 0.438. The maximum Gasteiger partial charge on any atom is 0.285 e. The molecule has 23 heavy (non-hydrogen) atoms. The Kier molecular flexibility index (Phi) is 6.04. The Labute approximate surface area is 139 Å². The summed E-state index contributed by atoms with van der Waals surface area (Å²) >= 11 is 1.38. The minimum atomic E-state index is -0.551. The van der Waals surface area contributed by atoms with Crippen molar-refractivity contribution in [3.63, 3.8) is 0 Å². The van der Waals surface area contributed by atoms with E-state index in [0.29, 0.717) is 23.1 Å². The van der Waals surface area contributed by atoms with Gasteiger partial charge in [0.25, 0.3) is 11.6 Å². The number of thioether (sulfide) groups is 1. The lowest BCUT2D eigenvalue weighted by molar-refractivity contribution is -0.385. The minimum Gasteiger partial charge on any atom is -0.495 e. The van der Waals surface area contributed by atoms with Crippen LogP contribution in [0.1, 0.15) is 29.6 Å². The van der Waals surface area contributed by atoms with Gasteiger partial charge in [-0.25, -0.2) is 0 Å². The fourth-order valence-electron chi connectivity index (χ4n) is 2.58. The first kappa shape index (κ1) is 17.3. The molecule has 1 aliphatic rings. The van der Waals surface area contributed by atoms with Gasteiger partial charge in [0.05, 0.1) is 23.0 Å². The maximum atomic E-state index is 12.4. The lowest BCUT2D eigenvalue weighted by Gasteiger charge is -2.18. The number of methoxy groups -OCH3 is 1. The fourth-order valence-corrected chi connectivity index (χ4v) is 3.15. The summed E-state index contributed by atoms with van der Waals surface area (Å²) in [6.07, 6.45) is 9.05. The van der Waals surface area contributed by atoms with Gasteiger partial charge in [-0.1, -0.05) is 12.2 Å². The highest BCUT2D eigenvalue weighted by Crippen LogP contribution is 2.34. The van der Waals surface area contributed by atoms with E-state index in [-0.39, 0.29) is 11.3 Å². The largest absolute Gasteiger partial charge is 0.495 e. The molecule has 1 amide bonds. The van der Waals surface area contributed by atoms with E-state index in [0.717, 1.165) is 19.3 Å². The van der Waals surface area contributed by atoms with Crippen LogP contribution in [0.25, 0.3) is 0 Å². The zero-order valence-corrected chi connectivity index (χ0v) is 14.0. The molecule has 1 atom stereocenters. The van der Waals surface area contributed by atoms with Crippen LogP contribution in [0.15, 0.2) is 29.2 Å². The molecule has 0 radical (unpaired) electrons. The number of amides is 1. The molecule has 1 aromatic carbocycles. The van der Waals surface area contributed by atoms with Crippen molar-refractivity contribution < 1.29 is 14.5 Å². The molecule has 0 spiro atoms. The number of ether oxygens (including phenoxy) is 1.